The van der Waals surface area contributed by atoms with E-state index in [0.717, 1.165) is 25.6 Å². The van der Waals surface area contributed by atoms with E-state index < -0.39 is 11.6 Å². The zero-order valence-corrected chi connectivity index (χ0v) is 10.8. The Kier molecular flexibility index (Phi) is 3.71. The van der Waals surface area contributed by atoms with Crippen molar-refractivity contribution in [1.29, 1.82) is 0 Å². The number of hydrogen-bond donors (Lipinski definition) is 1. The minimum absolute atomic E-state index is 0.0135. The minimum atomic E-state index is -0.698. The fraction of sp³-hybridized carbons (Fsp3) is 0.538. The van der Waals surface area contributed by atoms with E-state index in [1.807, 2.05) is 11.9 Å². The number of benzene rings is 1. The van der Waals surface area contributed by atoms with Gasteiger partial charge in [0.25, 0.3) is 0 Å². The van der Waals surface area contributed by atoms with Gasteiger partial charge in [-0.1, -0.05) is 0 Å². The van der Waals surface area contributed by atoms with Crippen LogP contribution in [0.15, 0.2) is 12.1 Å². The first-order valence-corrected chi connectivity index (χ1v) is 6.15. The van der Waals surface area contributed by atoms with Gasteiger partial charge in [0.1, 0.15) is 5.82 Å². The highest BCUT2D eigenvalue weighted by Crippen LogP contribution is 2.27. The highest BCUT2D eigenvalue weighted by Gasteiger charge is 2.23. The summed E-state index contributed by atoms with van der Waals surface area (Å²) >= 11 is 0. The number of halogens is 2. The molecule has 1 aliphatic heterocycles. The summed E-state index contributed by atoms with van der Waals surface area (Å²) in [5.41, 5.74) is 6.10. The lowest BCUT2D eigenvalue weighted by Gasteiger charge is -2.28. The molecule has 1 atom stereocenters. The van der Waals surface area contributed by atoms with E-state index >= 15 is 0 Å². The SMILES string of the molecule is CN(CC1CCCN1C)c1cc(F)cc(F)c1N. The molecule has 1 unspecified atom stereocenters. The first kappa shape index (κ1) is 13.1. The van der Waals surface area contributed by atoms with Crippen LogP contribution in [0.1, 0.15) is 12.8 Å². The topological polar surface area (TPSA) is 32.5 Å². The predicted octanol–water partition coefficient (Wildman–Crippen LogP) is 2.08. The maximum absolute atomic E-state index is 13.4. The summed E-state index contributed by atoms with van der Waals surface area (Å²) in [5.74, 6) is -1.29. The number of nitrogen functional groups attached to an aromatic ring is 1. The molecule has 1 aliphatic rings. The highest BCUT2D eigenvalue weighted by molar-refractivity contribution is 5.68. The maximum atomic E-state index is 13.4. The van der Waals surface area contributed by atoms with E-state index in [4.69, 9.17) is 5.73 Å². The van der Waals surface area contributed by atoms with Crippen molar-refractivity contribution in [2.24, 2.45) is 0 Å². The molecule has 0 saturated carbocycles. The minimum Gasteiger partial charge on any atom is -0.395 e. The zero-order chi connectivity index (χ0) is 13.3. The summed E-state index contributed by atoms with van der Waals surface area (Å²) in [5, 5.41) is 0. The average molecular weight is 255 g/mol. The molecule has 0 bridgehead atoms. The van der Waals surface area contributed by atoms with Gasteiger partial charge in [-0.05, 0) is 32.5 Å². The number of hydrogen-bond acceptors (Lipinski definition) is 3. The Morgan fingerprint density at radius 3 is 2.78 bits per heavy atom. The number of anilines is 2. The summed E-state index contributed by atoms with van der Waals surface area (Å²) in [6.07, 6.45) is 2.28. The molecule has 2 N–H and O–H groups in total. The van der Waals surface area contributed by atoms with E-state index in [0.29, 0.717) is 11.7 Å². The van der Waals surface area contributed by atoms with Crippen LogP contribution in [-0.2, 0) is 0 Å². The monoisotopic (exact) mass is 255 g/mol. The third-order valence-electron chi connectivity index (χ3n) is 3.64. The fourth-order valence-electron chi connectivity index (χ4n) is 2.51. The van der Waals surface area contributed by atoms with Crippen LogP contribution in [0, 0.1) is 11.6 Å². The van der Waals surface area contributed by atoms with Gasteiger partial charge in [0.05, 0.1) is 11.4 Å². The summed E-state index contributed by atoms with van der Waals surface area (Å²) in [6.45, 7) is 1.80. The molecule has 0 aliphatic carbocycles. The molecular formula is C13H19F2N3. The number of rotatable bonds is 3. The van der Waals surface area contributed by atoms with E-state index in [1.54, 1.807) is 0 Å². The van der Waals surface area contributed by atoms with Gasteiger partial charge in [-0.15, -0.1) is 0 Å². The van der Waals surface area contributed by atoms with Crippen LogP contribution in [0.25, 0.3) is 0 Å². The molecule has 0 amide bonds. The molecule has 3 nitrogen and oxygen atoms in total. The molecule has 1 aromatic rings. The molecule has 18 heavy (non-hydrogen) atoms. The molecule has 1 heterocycles. The Hall–Kier alpha value is -1.36. The van der Waals surface area contributed by atoms with Crippen molar-refractivity contribution in [3.05, 3.63) is 23.8 Å². The van der Waals surface area contributed by atoms with Gasteiger partial charge in [0.15, 0.2) is 5.82 Å². The molecule has 0 aromatic heterocycles. The predicted molar refractivity (Wildman–Crippen MR) is 69.7 cm³/mol. The lowest BCUT2D eigenvalue weighted by molar-refractivity contribution is 0.314. The van der Waals surface area contributed by atoms with Gasteiger partial charge in [0.2, 0.25) is 0 Å². The quantitative estimate of drug-likeness (QED) is 0.839. The maximum Gasteiger partial charge on any atom is 0.151 e. The molecule has 1 fully saturated rings. The van der Waals surface area contributed by atoms with Crippen molar-refractivity contribution in [2.75, 3.05) is 37.8 Å². The Morgan fingerprint density at radius 1 is 1.44 bits per heavy atom. The van der Waals surface area contributed by atoms with E-state index in [2.05, 4.69) is 11.9 Å². The Labute approximate surface area is 106 Å². The zero-order valence-electron chi connectivity index (χ0n) is 10.8. The highest BCUT2D eigenvalue weighted by atomic mass is 19.1. The third kappa shape index (κ3) is 2.56. The van der Waals surface area contributed by atoms with Gasteiger partial charge in [-0.3, -0.25) is 0 Å². The lowest BCUT2D eigenvalue weighted by atomic mass is 10.2. The first-order chi connectivity index (χ1) is 8.49. The molecule has 5 heteroatoms. The number of likely N-dealkylation sites (N-methyl/N-ethyl adjacent to an activating group) is 2. The molecule has 0 spiro atoms. The van der Waals surface area contributed by atoms with Crippen LogP contribution < -0.4 is 10.6 Å². The van der Waals surface area contributed by atoms with Crippen molar-refractivity contribution in [3.63, 3.8) is 0 Å². The number of nitrogens with zero attached hydrogens (tertiary/aromatic N) is 2. The van der Waals surface area contributed by atoms with E-state index in [9.17, 15) is 8.78 Å². The Morgan fingerprint density at radius 2 is 2.17 bits per heavy atom. The summed E-state index contributed by atoms with van der Waals surface area (Å²) in [6, 6.07) is 2.52. The van der Waals surface area contributed by atoms with Gasteiger partial charge in [0, 0.05) is 25.7 Å². The normalized spacial score (nSPS) is 20.3. The molecule has 0 radical (unpaired) electrons. The second-order valence-electron chi connectivity index (χ2n) is 4.98. The van der Waals surface area contributed by atoms with Crippen molar-refractivity contribution in [3.8, 4) is 0 Å². The van der Waals surface area contributed by atoms with Crippen LogP contribution in [0.4, 0.5) is 20.2 Å². The van der Waals surface area contributed by atoms with Gasteiger partial charge in [-0.25, -0.2) is 8.78 Å². The van der Waals surface area contributed by atoms with Crippen molar-refractivity contribution in [2.45, 2.75) is 18.9 Å². The molecule has 2 rings (SSSR count). The molecule has 1 aromatic carbocycles. The summed E-state index contributed by atoms with van der Waals surface area (Å²) in [4.78, 5) is 4.09. The molecule has 1 saturated heterocycles. The summed E-state index contributed by atoms with van der Waals surface area (Å²) < 4.78 is 26.6. The van der Waals surface area contributed by atoms with Crippen molar-refractivity contribution < 1.29 is 8.78 Å². The van der Waals surface area contributed by atoms with Crippen molar-refractivity contribution in [1.82, 2.24) is 4.90 Å². The Balaban J connectivity index is 2.15. The van der Waals surface area contributed by atoms with E-state index in [1.165, 1.54) is 12.5 Å². The largest absolute Gasteiger partial charge is 0.395 e. The second kappa shape index (κ2) is 5.10. The standard InChI is InChI=1S/C13H19F2N3/c1-17-5-3-4-10(17)8-18(2)12-7-9(14)6-11(15)13(12)16/h6-7,10H,3-5,8,16H2,1-2H3. The molecule has 100 valence electrons. The van der Waals surface area contributed by atoms with Crippen LogP contribution in [-0.4, -0.2) is 38.1 Å². The first-order valence-electron chi connectivity index (χ1n) is 6.15. The van der Waals surface area contributed by atoms with Gasteiger partial charge in [-0.2, -0.15) is 0 Å². The van der Waals surface area contributed by atoms with Gasteiger partial charge >= 0.3 is 0 Å². The molecular weight excluding hydrogens is 236 g/mol. The third-order valence-corrected chi connectivity index (χ3v) is 3.64. The second-order valence-corrected chi connectivity index (χ2v) is 4.98. The van der Waals surface area contributed by atoms with Crippen molar-refractivity contribution >= 4 is 11.4 Å². The van der Waals surface area contributed by atoms with Gasteiger partial charge < -0.3 is 15.5 Å². The van der Waals surface area contributed by atoms with Crippen LogP contribution in [0.2, 0.25) is 0 Å². The number of nitrogens with two attached hydrogens (primary N) is 1. The number of likely N-dealkylation sites (tertiary alicyclic amines) is 1. The Bertz CT molecular complexity index is 436. The van der Waals surface area contributed by atoms with Crippen LogP contribution in [0.5, 0.6) is 0 Å². The fourth-order valence-corrected chi connectivity index (χ4v) is 2.51. The lowest BCUT2D eigenvalue weighted by Crippen LogP contribution is -2.37. The van der Waals surface area contributed by atoms with E-state index in [-0.39, 0.29) is 5.69 Å². The summed E-state index contributed by atoms with van der Waals surface area (Å²) in [7, 11) is 3.89. The smallest absolute Gasteiger partial charge is 0.151 e. The van der Waals surface area contributed by atoms with Crippen LogP contribution >= 0.6 is 0 Å². The van der Waals surface area contributed by atoms with Crippen LogP contribution in [0.3, 0.4) is 0 Å². The average Bonchev–Trinajstić information content (AvgIpc) is 2.69.